The van der Waals surface area contributed by atoms with E-state index < -0.39 is 0 Å². The number of hydrogen-bond donors (Lipinski definition) is 0. The zero-order valence-corrected chi connectivity index (χ0v) is 21.5. The molecule has 0 bridgehead atoms. The molecule has 0 amide bonds. The van der Waals surface area contributed by atoms with Gasteiger partial charge in [0.15, 0.2) is 0 Å². The van der Waals surface area contributed by atoms with Gasteiger partial charge in [-0.05, 0) is 57.1 Å². The van der Waals surface area contributed by atoms with E-state index in [1.807, 2.05) is 0 Å². The highest BCUT2D eigenvalue weighted by Crippen LogP contribution is 2.35. The Morgan fingerprint density at radius 2 is 0.658 bits per heavy atom. The maximum Gasteiger partial charge on any atom is 0.0487 e. The minimum atomic E-state index is 1.16. The summed E-state index contributed by atoms with van der Waals surface area (Å²) < 4.78 is 0. The summed E-state index contributed by atoms with van der Waals surface area (Å²) in [6.45, 7) is 0. The molecule has 6 aromatic rings. The van der Waals surface area contributed by atoms with Crippen molar-refractivity contribution in [1.29, 1.82) is 0 Å². The topological polar surface area (TPSA) is 3.24 Å². The van der Waals surface area contributed by atoms with E-state index in [9.17, 15) is 0 Å². The van der Waals surface area contributed by atoms with Crippen LogP contribution in [-0.4, -0.2) is 7.05 Å². The van der Waals surface area contributed by atoms with Gasteiger partial charge in [-0.3, -0.25) is 0 Å². The standard InChI is InChI=1S/C37H29N/c1-38(37-15-9-8-14-36(37)34-12-6-3-7-13-34)35-26-24-33(25-27-35)32-22-20-31(21-23-32)30-18-16-29(17-19-30)28-10-4-2-5-11-28/h2-27H,1H3. The van der Waals surface area contributed by atoms with Crippen LogP contribution in [0.15, 0.2) is 158 Å². The van der Waals surface area contributed by atoms with Crippen molar-refractivity contribution in [2.45, 2.75) is 0 Å². The van der Waals surface area contributed by atoms with Crippen molar-refractivity contribution in [3.63, 3.8) is 0 Å². The molecule has 38 heavy (non-hydrogen) atoms. The molecule has 6 aromatic carbocycles. The highest BCUT2D eigenvalue weighted by atomic mass is 15.1. The van der Waals surface area contributed by atoms with Crippen molar-refractivity contribution >= 4 is 11.4 Å². The number of nitrogens with zero attached hydrogens (tertiary/aromatic N) is 1. The van der Waals surface area contributed by atoms with Gasteiger partial charge < -0.3 is 4.90 Å². The Morgan fingerprint density at radius 1 is 0.316 bits per heavy atom. The summed E-state index contributed by atoms with van der Waals surface area (Å²) in [6.07, 6.45) is 0. The van der Waals surface area contributed by atoms with Crippen molar-refractivity contribution in [2.24, 2.45) is 0 Å². The molecule has 0 N–H and O–H groups in total. The molecule has 1 heteroatoms. The Hall–Kier alpha value is -4.88. The van der Waals surface area contributed by atoms with Gasteiger partial charge in [0, 0.05) is 24.0 Å². The van der Waals surface area contributed by atoms with Crippen LogP contribution in [0.4, 0.5) is 11.4 Å². The van der Waals surface area contributed by atoms with Crippen molar-refractivity contribution in [3.8, 4) is 44.5 Å². The van der Waals surface area contributed by atoms with Crippen LogP contribution in [0.5, 0.6) is 0 Å². The minimum absolute atomic E-state index is 1.16. The fourth-order valence-corrected chi connectivity index (χ4v) is 4.99. The van der Waals surface area contributed by atoms with Gasteiger partial charge in [0.2, 0.25) is 0 Å². The SMILES string of the molecule is CN(c1ccc(-c2ccc(-c3ccc(-c4ccccc4)cc3)cc2)cc1)c1ccccc1-c1ccccc1. The van der Waals surface area contributed by atoms with E-state index in [0.717, 1.165) is 5.69 Å². The van der Waals surface area contributed by atoms with E-state index in [4.69, 9.17) is 0 Å². The van der Waals surface area contributed by atoms with E-state index in [0.29, 0.717) is 0 Å². The van der Waals surface area contributed by atoms with Crippen LogP contribution in [0.2, 0.25) is 0 Å². The van der Waals surface area contributed by atoms with Gasteiger partial charge in [-0.2, -0.15) is 0 Å². The van der Waals surface area contributed by atoms with Gasteiger partial charge in [-0.1, -0.05) is 140 Å². The Kier molecular flexibility index (Phi) is 6.57. The number of benzene rings is 6. The second-order valence-corrected chi connectivity index (χ2v) is 9.51. The molecule has 1 nitrogen and oxygen atoms in total. The molecule has 0 radical (unpaired) electrons. The second kappa shape index (κ2) is 10.6. The molecule has 0 saturated carbocycles. The predicted octanol–water partition coefficient (Wildman–Crippen LogP) is 10.1. The number of rotatable bonds is 6. The molecule has 0 spiro atoms. The quantitative estimate of drug-likeness (QED) is 0.226. The molecule has 0 unspecified atom stereocenters. The zero-order valence-electron chi connectivity index (χ0n) is 21.5. The second-order valence-electron chi connectivity index (χ2n) is 9.51. The maximum atomic E-state index is 2.26. The van der Waals surface area contributed by atoms with Crippen LogP contribution in [0.3, 0.4) is 0 Å². The van der Waals surface area contributed by atoms with Gasteiger partial charge in [0.25, 0.3) is 0 Å². The first kappa shape index (κ1) is 23.5. The molecule has 6 rings (SSSR count). The zero-order chi connectivity index (χ0) is 25.7. The Balaban J connectivity index is 1.20. The van der Waals surface area contributed by atoms with Crippen LogP contribution in [0.25, 0.3) is 44.5 Å². The molecule has 0 aliphatic heterocycles. The molecule has 182 valence electrons. The minimum Gasteiger partial charge on any atom is -0.344 e. The molecule has 0 aromatic heterocycles. The van der Waals surface area contributed by atoms with Gasteiger partial charge in [-0.25, -0.2) is 0 Å². The average molecular weight is 488 g/mol. The van der Waals surface area contributed by atoms with E-state index >= 15 is 0 Å². The molecule has 0 saturated heterocycles. The lowest BCUT2D eigenvalue weighted by molar-refractivity contribution is 1.21. The smallest absolute Gasteiger partial charge is 0.0487 e. The first-order valence-electron chi connectivity index (χ1n) is 13.0. The first-order chi connectivity index (χ1) is 18.8. The Morgan fingerprint density at radius 3 is 1.13 bits per heavy atom. The van der Waals surface area contributed by atoms with Gasteiger partial charge in [0.05, 0.1) is 0 Å². The van der Waals surface area contributed by atoms with E-state index in [2.05, 4.69) is 170 Å². The summed E-state index contributed by atoms with van der Waals surface area (Å²) in [7, 11) is 2.13. The molecule has 0 heterocycles. The molecule has 0 aliphatic carbocycles. The fraction of sp³-hybridized carbons (Fsp3) is 0.0270. The lowest BCUT2D eigenvalue weighted by atomic mass is 9.98. The number of para-hydroxylation sites is 1. The van der Waals surface area contributed by atoms with Gasteiger partial charge in [0.1, 0.15) is 0 Å². The highest BCUT2D eigenvalue weighted by molar-refractivity contribution is 5.82. The van der Waals surface area contributed by atoms with Crippen LogP contribution in [0, 0.1) is 0 Å². The maximum absolute atomic E-state index is 2.26. The lowest BCUT2D eigenvalue weighted by Crippen LogP contribution is -2.10. The van der Waals surface area contributed by atoms with Crippen LogP contribution in [-0.2, 0) is 0 Å². The molecule has 0 fully saturated rings. The Bertz CT molecular complexity index is 1620. The normalized spacial score (nSPS) is 10.8. The van der Waals surface area contributed by atoms with E-state index in [1.54, 1.807) is 0 Å². The summed E-state index contributed by atoms with van der Waals surface area (Å²) >= 11 is 0. The molecule has 0 atom stereocenters. The van der Waals surface area contributed by atoms with E-state index in [-0.39, 0.29) is 0 Å². The summed E-state index contributed by atoms with van der Waals surface area (Å²) in [5.41, 5.74) is 12.2. The third-order valence-corrected chi connectivity index (χ3v) is 7.15. The molecular formula is C37H29N. The monoisotopic (exact) mass is 487 g/mol. The van der Waals surface area contributed by atoms with Crippen molar-refractivity contribution < 1.29 is 0 Å². The first-order valence-corrected chi connectivity index (χ1v) is 13.0. The largest absolute Gasteiger partial charge is 0.344 e. The third kappa shape index (κ3) is 4.87. The van der Waals surface area contributed by atoms with Gasteiger partial charge >= 0.3 is 0 Å². The predicted molar refractivity (Wildman–Crippen MR) is 163 cm³/mol. The van der Waals surface area contributed by atoms with Crippen LogP contribution >= 0.6 is 0 Å². The molecular weight excluding hydrogens is 458 g/mol. The summed E-state index contributed by atoms with van der Waals surface area (Å²) in [4.78, 5) is 2.26. The lowest BCUT2D eigenvalue weighted by Gasteiger charge is -2.23. The summed E-state index contributed by atoms with van der Waals surface area (Å²) in [6, 6.07) is 56.1. The van der Waals surface area contributed by atoms with Crippen LogP contribution < -0.4 is 4.90 Å². The van der Waals surface area contributed by atoms with Crippen molar-refractivity contribution in [3.05, 3.63) is 158 Å². The average Bonchev–Trinajstić information content (AvgIpc) is 3.02. The number of hydrogen-bond acceptors (Lipinski definition) is 1. The summed E-state index contributed by atoms with van der Waals surface area (Å²) in [5, 5.41) is 0. The van der Waals surface area contributed by atoms with Crippen LogP contribution in [0.1, 0.15) is 0 Å². The van der Waals surface area contributed by atoms with Crippen molar-refractivity contribution in [1.82, 2.24) is 0 Å². The number of anilines is 2. The van der Waals surface area contributed by atoms with Gasteiger partial charge in [-0.15, -0.1) is 0 Å². The highest BCUT2D eigenvalue weighted by Gasteiger charge is 2.11. The Labute approximate surface area is 225 Å². The fourth-order valence-electron chi connectivity index (χ4n) is 4.99. The van der Waals surface area contributed by atoms with E-state index in [1.165, 1.54) is 50.2 Å². The third-order valence-electron chi connectivity index (χ3n) is 7.15. The molecule has 0 aliphatic rings. The van der Waals surface area contributed by atoms with Crippen molar-refractivity contribution in [2.75, 3.05) is 11.9 Å². The summed E-state index contributed by atoms with van der Waals surface area (Å²) in [5.74, 6) is 0.